The van der Waals surface area contributed by atoms with Crippen molar-refractivity contribution in [1.29, 1.82) is 0 Å². The van der Waals surface area contributed by atoms with Gasteiger partial charge in [-0.05, 0) is 43.4 Å². The molecule has 0 bridgehead atoms. The fraction of sp³-hybridized carbons (Fsp3) is 0.958. The standard InChI is InChI=1S/C24H47NO3/c1-9-12-13-20(18(6)10-2)22(27-7)16-23(26)25-19(11-3)14-15-21(25)24(28-8)17(4)5/h17-22,24H,9-16H2,1-8H3. The average molecular weight is 398 g/mol. The number of unbranched alkanes of at least 4 members (excludes halogenated alkanes) is 1. The number of rotatable bonds is 13. The molecule has 0 aliphatic carbocycles. The number of amides is 1. The summed E-state index contributed by atoms with van der Waals surface area (Å²) in [5, 5.41) is 0. The minimum absolute atomic E-state index is 0.00722. The Kier molecular flexibility index (Phi) is 11.7. The Balaban J connectivity index is 2.99. The predicted molar refractivity (Wildman–Crippen MR) is 117 cm³/mol. The van der Waals surface area contributed by atoms with E-state index in [9.17, 15) is 4.79 Å². The van der Waals surface area contributed by atoms with Gasteiger partial charge >= 0.3 is 0 Å². The third kappa shape index (κ3) is 6.45. The van der Waals surface area contributed by atoms with Crippen LogP contribution in [-0.4, -0.2) is 49.3 Å². The number of carbonyl (C=O) groups is 1. The van der Waals surface area contributed by atoms with Crippen LogP contribution in [0, 0.1) is 17.8 Å². The van der Waals surface area contributed by atoms with E-state index < -0.39 is 0 Å². The second-order valence-electron chi connectivity index (χ2n) is 9.12. The van der Waals surface area contributed by atoms with E-state index in [0.29, 0.717) is 30.2 Å². The van der Waals surface area contributed by atoms with E-state index in [4.69, 9.17) is 9.47 Å². The monoisotopic (exact) mass is 397 g/mol. The van der Waals surface area contributed by atoms with Crippen LogP contribution in [0.2, 0.25) is 0 Å². The van der Waals surface area contributed by atoms with Crippen molar-refractivity contribution in [2.45, 2.75) is 117 Å². The van der Waals surface area contributed by atoms with Gasteiger partial charge in [-0.15, -0.1) is 0 Å². The van der Waals surface area contributed by atoms with Crippen LogP contribution in [0.25, 0.3) is 0 Å². The van der Waals surface area contributed by atoms with Crippen molar-refractivity contribution in [1.82, 2.24) is 4.90 Å². The van der Waals surface area contributed by atoms with Gasteiger partial charge in [0.25, 0.3) is 0 Å². The third-order valence-corrected chi connectivity index (χ3v) is 7.04. The zero-order chi connectivity index (χ0) is 21.3. The van der Waals surface area contributed by atoms with Crippen LogP contribution in [0.1, 0.15) is 92.9 Å². The van der Waals surface area contributed by atoms with E-state index in [2.05, 4.69) is 46.4 Å². The zero-order valence-corrected chi connectivity index (χ0v) is 19.9. The molecule has 6 unspecified atom stereocenters. The highest BCUT2D eigenvalue weighted by Crippen LogP contribution is 2.34. The number of likely N-dealkylation sites (tertiary alicyclic amines) is 1. The van der Waals surface area contributed by atoms with Gasteiger partial charge in [-0.2, -0.15) is 0 Å². The van der Waals surface area contributed by atoms with Crippen molar-refractivity contribution in [3.63, 3.8) is 0 Å². The van der Waals surface area contributed by atoms with Crippen LogP contribution in [0.4, 0.5) is 0 Å². The van der Waals surface area contributed by atoms with Gasteiger partial charge in [0.1, 0.15) is 0 Å². The molecule has 0 spiro atoms. The Morgan fingerprint density at radius 3 is 2.21 bits per heavy atom. The molecular formula is C24H47NO3. The zero-order valence-electron chi connectivity index (χ0n) is 19.9. The van der Waals surface area contributed by atoms with Crippen molar-refractivity contribution in [2.24, 2.45) is 17.8 Å². The molecule has 4 nitrogen and oxygen atoms in total. The molecule has 0 aromatic carbocycles. The van der Waals surface area contributed by atoms with Gasteiger partial charge in [-0.1, -0.05) is 60.8 Å². The fourth-order valence-corrected chi connectivity index (χ4v) is 5.16. The second kappa shape index (κ2) is 12.8. The van der Waals surface area contributed by atoms with Crippen molar-refractivity contribution in [3.8, 4) is 0 Å². The Hall–Kier alpha value is -0.610. The van der Waals surface area contributed by atoms with Crippen molar-refractivity contribution in [3.05, 3.63) is 0 Å². The quantitative estimate of drug-likeness (QED) is 0.401. The SMILES string of the molecule is CCCCC(C(C)CC)C(CC(=O)N1C(CC)CCC1C(OC)C(C)C)OC. The van der Waals surface area contributed by atoms with Crippen LogP contribution in [0.15, 0.2) is 0 Å². The van der Waals surface area contributed by atoms with Crippen LogP contribution in [0.5, 0.6) is 0 Å². The van der Waals surface area contributed by atoms with E-state index >= 15 is 0 Å². The molecule has 28 heavy (non-hydrogen) atoms. The molecule has 1 heterocycles. The van der Waals surface area contributed by atoms with Crippen LogP contribution in [-0.2, 0) is 14.3 Å². The molecule has 0 N–H and O–H groups in total. The summed E-state index contributed by atoms with van der Waals surface area (Å²) >= 11 is 0. The van der Waals surface area contributed by atoms with Crippen LogP contribution < -0.4 is 0 Å². The third-order valence-electron chi connectivity index (χ3n) is 7.04. The number of ether oxygens (including phenoxy) is 2. The van der Waals surface area contributed by atoms with Gasteiger partial charge in [0.15, 0.2) is 0 Å². The summed E-state index contributed by atoms with van der Waals surface area (Å²) in [6.07, 6.45) is 8.41. The minimum Gasteiger partial charge on any atom is -0.381 e. The van der Waals surface area contributed by atoms with E-state index in [1.165, 1.54) is 12.8 Å². The van der Waals surface area contributed by atoms with Gasteiger partial charge in [-0.3, -0.25) is 4.79 Å². The topological polar surface area (TPSA) is 38.8 Å². The lowest BCUT2D eigenvalue weighted by Gasteiger charge is -2.38. The molecule has 1 aliphatic heterocycles. The number of methoxy groups -OCH3 is 2. The van der Waals surface area contributed by atoms with Crippen molar-refractivity contribution < 1.29 is 14.3 Å². The van der Waals surface area contributed by atoms with E-state index in [1.54, 1.807) is 14.2 Å². The second-order valence-corrected chi connectivity index (χ2v) is 9.12. The van der Waals surface area contributed by atoms with Gasteiger partial charge in [-0.25, -0.2) is 0 Å². The maximum atomic E-state index is 13.5. The summed E-state index contributed by atoms with van der Waals surface area (Å²) in [5.74, 6) is 1.68. The molecule has 166 valence electrons. The summed E-state index contributed by atoms with van der Waals surface area (Å²) in [7, 11) is 3.57. The first-order chi connectivity index (χ1) is 13.4. The highest BCUT2D eigenvalue weighted by Gasteiger charge is 2.42. The first kappa shape index (κ1) is 25.4. The van der Waals surface area contributed by atoms with Crippen molar-refractivity contribution in [2.75, 3.05) is 14.2 Å². The molecule has 0 aromatic heterocycles. The molecule has 1 aliphatic rings. The lowest BCUT2D eigenvalue weighted by molar-refractivity contribution is -0.142. The highest BCUT2D eigenvalue weighted by atomic mass is 16.5. The number of carbonyl (C=O) groups excluding carboxylic acids is 1. The Morgan fingerprint density at radius 1 is 1.07 bits per heavy atom. The number of hydrogen-bond acceptors (Lipinski definition) is 3. The summed E-state index contributed by atoms with van der Waals surface area (Å²) in [6, 6.07) is 0.529. The van der Waals surface area contributed by atoms with E-state index in [0.717, 1.165) is 32.1 Å². The van der Waals surface area contributed by atoms with Crippen molar-refractivity contribution >= 4 is 5.91 Å². The number of hydrogen-bond donors (Lipinski definition) is 0. The minimum atomic E-state index is 0.00722. The Bertz CT molecular complexity index is 440. The highest BCUT2D eigenvalue weighted by molar-refractivity contribution is 5.78. The summed E-state index contributed by atoms with van der Waals surface area (Å²) in [6.45, 7) is 13.4. The normalized spacial score (nSPS) is 24.4. The molecule has 0 radical (unpaired) electrons. The molecule has 4 heteroatoms. The fourth-order valence-electron chi connectivity index (χ4n) is 5.16. The first-order valence-electron chi connectivity index (χ1n) is 11.7. The first-order valence-corrected chi connectivity index (χ1v) is 11.7. The van der Waals surface area contributed by atoms with Crippen LogP contribution >= 0.6 is 0 Å². The molecule has 0 saturated carbocycles. The maximum absolute atomic E-state index is 13.5. The molecule has 0 aromatic rings. The molecule has 1 amide bonds. The summed E-state index contributed by atoms with van der Waals surface area (Å²) in [5.41, 5.74) is 0. The molecule has 6 atom stereocenters. The summed E-state index contributed by atoms with van der Waals surface area (Å²) in [4.78, 5) is 15.7. The molecular weight excluding hydrogens is 350 g/mol. The van der Waals surface area contributed by atoms with Gasteiger partial charge in [0.05, 0.1) is 24.7 Å². The average Bonchev–Trinajstić information content (AvgIpc) is 3.10. The maximum Gasteiger partial charge on any atom is 0.225 e. The van der Waals surface area contributed by atoms with E-state index in [-0.39, 0.29) is 24.2 Å². The van der Waals surface area contributed by atoms with Gasteiger partial charge in [0, 0.05) is 20.3 Å². The molecule has 1 fully saturated rings. The van der Waals surface area contributed by atoms with Gasteiger partial charge in [0.2, 0.25) is 5.91 Å². The van der Waals surface area contributed by atoms with Crippen LogP contribution in [0.3, 0.4) is 0 Å². The predicted octanol–water partition coefficient (Wildman–Crippen LogP) is 5.68. The number of nitrogens with zero attached hydrogens (tertiary/aromatic N) is 1. The summed E-state index contributed by atoms with van der Waals surface area (Å²) < 4.78 is 11.8. The van der Waals surface area contributed by atoms with E-state index in [1.807, 2.05) is 0 Å². The lowest BCUT2D eigenvalue weighted by Crippen LogP contribution is -2.50. The molecule has 1 rings (SSSR count). The Morgan fingerprint density at radius 2 is 1.75 bits per heavy atom. The van der Waals surface area contributed by atoms with Gasteiger partial charge < -0.3 is 14.4 Å². The largest absolute Gasteiger partial charge is 0.381 e. The smallest absolute Gasteiger partial charge is 0.225 e. The lowest BCUT2D eigenvalue weighted by atomic mass is 9.81. The Labute approximate surface area is 174 Å². The molecule has 1 saturated heterocycles.